The second-order valence-corrected chi connectivity index (χ2v) is 7.57. The molecule has 1 aromatic carbocycles. The lowest BCUT2D eigenvalue weighted by molar-refractivity contribution is -0.139. The highest BCUT2D eigenvalue weighted by atomic mass is 32.2. The summed E-state index contributed by atoms with van der Waals surface area (Å²) in [5.74, 6) is -2.01. The Morgan fingerprint density at radius 2 is 1.79 bits per heavy atom. The normalized spacial score (nSPS) is 12.8. The van der Waals surface area contributed by atoms with Gasteiger partial charge in [0.1, 0.15) is 6.04 Å². The summed E-state index contributed by atoms with van der Waals surface area (Å²) in [4.78, 5) is 22.7. The van der Waals surface area contributed by atoms with Crippen LogP contribution in [0.25, 0.3) is 0 Å². The molecule has 0 radical (unpaired) electrons. The van der Waals surface area contributed by atoms with E-state index in [1.54, 1.807) is 6.92 Å². The second kappa shape index (κ2) is 8.79. The molecule has 0 bridgehead atoms. The van der Waals surface area contributed by atoms with Crippen molar-refractivity contribution in [3.63, 3.8) is 0 Å². The minimum Gasteiger partial charge on any atom is -0.480 e. The van der Waals surface area contributed by atoms with Gasteiger partial charge in [-0.3, -0.25) is 4.79 Å². The molecule has 1 atom stereocenters. The van der Waals surface area contributed by atoms with Crippen LogP contribution in [0.2, 0.25) is 0 Å². The van der Waals surface area contributed by atoms with Crippen molar-refractivity contribution in [1.82, 2.24) is 4.72 Å². The molecule has 0 spiro atoms. The van der Waals surface area contributed by atoms with Crippen molar-refractivity contribution in [2.75, 3.05) is 6.61 Å². The lowest BCUT2D eigenvalue weighted by Crippen LogP contribution is -2.42. The molecule has 0 saturated carbocycles. The summed E-state index contributed by atoms with van der Waals surface area (Å²) in [6.45, 7) is 5.59. The molecule has 8 heteroatoms. The Kier molecular flexibility index (Phi) is 7.37. The van der Waals surface area contributed by atoms with Crippen molar-refractivity contribution in [3.05, 3.63) is 35.4 Å². The largest absolute Gasteiger partial charge is 0.480 e. The fourth-order valence-electron chi connectivity index (χ4n) is 2.10. The summed E-state index contributed by atoms with van der Waals surface area (Å²) in [7, 11) is -3.81. The Balaban J connectivity index is 2.79. The number of benzene rings is 1. The number of nitrogens with one attached hydrogen (secondary N) is 1. The van der Waals surface area contributed by atoms with Crippen LogP contribution in [0.3, 0.4) is 0 Å². The Morgan fingerprint density at radius 1 is 1.21 bits per heavy atom. The standard InChI is InChI=1S/C16H23NO6S/c1-4-23-16(20)13-7-5-12(6-8-13)10-24(21,22)17-14(15(18)19)9-11(2)3/h5-8,11,14,17H,4,9-10H2,1-3H3,(H,18,19). The zero-order valence-electron chi connectivity index (χ0n) is 14.0. The summed E-state index contributed by atoms with van der Waals surface area (Å²) in [6, 6.07) is 4.80. The molecule has 2 N–H and O–H groups in total. The van der Waals surface area contributed by atoms with Crippen molar-refractivity contribution in [2.24, 2.45) is 5.92 Å². The van der Waals surface area contributed by atoms with Gasteiger partial charge in [-0.05, 0) is 37.0 Å². The van der Waals surface area contributed by atoms with Gasteiger partial charge in [0.25, 0.3) is 0 Å². The summed E-state index contributed by atoms with van der Waals surface area (Å²) in [6.07, 6.45) is 0.205. The van der Waals surface area contributed by atoms with E-state index in [2.05, 4.69) is 4.72 Å². The average Bonchev–Trinajstić information content (AvgIpc) is 2.46. The Morgan fingerprint density at radius 3 is 2.25 bits per heavy atom. The van der Waals surface area contributed by atoms with Crippen molar-refractivity contribution in [3.8, 4) is 0 Å². The number of hydrogen-bond donors (Lipinski definition) is 2. The minimum atomic E-state index is -3.81. The van der Waals surface area contributed by atoms with Crippen LogP contribution < -0.4 is 4.72 Å². The molecule has 0 aliphatic carbocycles. The van der Waals surface area contributed by atoms with Crippen LogP contribution in [0.4, 0.5) is 0 Å². The number of carboxylic acids is 1. The molecule has 0 heterocycles. The molecule has 0 saturated heterocycles. The lowest BCUT2D eigenvalue weighted by Gasteiger charge is -2.16. The first kappa shape index (κ1) is 20.1. The van der Waals surface area contributed by atoms with Crippen LogP contribution in [0, 0.1) is 5.92 Å². The summed E-state index contributed by atoms with van der Waals surface area (Å²) in [5.41, 5.74) is 0.776. The van der Waals surface area contributed by atoms with E-state index in [-0.39, 0.29) is 24.7 Å². The zero-order chi connectivity index (χ0) is 18.3. The van der Waals surface area contributed by atoms with Crippen LogP contribution >= 0.6 is 0 Å². The molecule has 0 amide bonds. The highest BCUT2D eigenvalue weighted by Gasteiger charge is 2.25. The molecule has 0 aliphatic heterocycles. The number of ether oxygens (including phenoxy) is 1. The van der Waals surface area contributed by atoms with Crippen molar-refractivity contribution < 1.29 is 27.9 Å². The molecule has 0 fully saturated rings. The van der Waals surface area contributed by atoms with E-state index in [1.165, 1.54) is 24.3 Å². The Hall–Kier alpha value is -1.93. The van der Waals surface area contributed by atoms with Crippen LogP contribution in [-0.2, 0) is 25.3 Å². The van der Waals surface area contributed by atoms with Crippen molar-refractivity contribution in [2.45, 2.75) is 39.0 Å². The average molecular weight is 357 g/mol. The zero-order valence-corrected chi connectivity index (χ0v) is 14.8. The molecule has 1 unspecified atom stereocenters. The maximum absolute atomic E-state index is 12.2. The molecular formula is C16H23NO6S. The number of aliphatic carboxylic acids is 1. The summed E-state index contributed by atoms with van der Waals surface area (Å²) in [5, 5.41) is 9.12. The van der Waals surface area contributed by atoms with Crippen molar-refractivity contribution >= 4 is 22.0 Å². The quantitative estimate of drug-likeness (QED) is 0.652. The smallest absolute Gasteiger partial charge is 0.338 e. The third kappa shape index (κ3) is 6.67. The van der Waals surface area contributed by atoms with Crippen LogP contribution in [0.1, 0.15) is 43.1 Å². The van der Waals surface area contributed by atoms with Gasteiger partial charge >= 0.3 is 11.9 Å². The fraction of sp³-hybridized carbons (Fsp3) is 0.500. The Bertz CT molecular complexity index is 666. The first-order valence-corrected chi connectivity index (χ1v) is 9.28. The van der Waals surface area contributed by atoms with Gasteiger partial charge < -0.3 is 9.84 Å². The fourth-order valence-corrected chi connectivity index (χ4v) is 3.45. The first-order chi connectivity index (χ1) is 11.1. The predicted molar refractivity (Wildman–Crippen MR) is 89.0 cm³/mol. The van der Waals surface area contributed by atoms with Crippen LogP contribution in [-0.4, -0.2) is 38.1 Å². The van der Waals surface area contributed by atoms with Gasteiger partial charge in [-0.1, -0.05) is 26.0 Å². The van der Waals surface area contributed by atoms with Gasteiger partial charge in [0.05, 0.1) is 17.9 Å². The van der Waals surface area contributed by atoms with Gasteiger partial charge in [-0.15, -0.1) is 0 Å². The molecule has 1 rings (SSSR count). The SMILES string of the molecule is CCOC(=O)c1ccc(CS(=O)(=O)NC(CC(C)C)C(=O)O)cc1. The maximum Gasteiger partial charge on any atom is 0.338 e. The van der Waals surface area contributed by atoms with E-state index >= 15 is 0 Å². The molecule has 1 aromatic rings. The van der Waals surface area contributed by atoms with Gasteiger partial charge in [0.2, 0.25) is 10.0 Å². The Labute approximate surface area is 142 Å². The number of hydrogen-bond acceptors (Lipinski definition) is 5. The highest BCUT2D eigenvalue weighted by Crippen LogP contribution is 2.11. The van der Waals surface area contributed by atoms with E-state index in [1.807, 2.05) is 13.8 Å². The second-order valence-electron chi connectivity index (χ2n) is 5.81. The molecule has 134 valence electrons. The van der Waals surface area contributed by atoms with Gasteiger partial charge in [-0.25, -0.2) is 17.9 Å². The number of carbonyl (C=O) groups excluding carboxylic acids is 1. The van der Waals surface area contributed by atoms with E-state index < -0.39 is 28.0 Å². The third-order valence-corrected chi connectivity index (χ3v) is 4.51. The number of rotatable bonds is 9. The third-order valence-electron chi connectivity index (χ3n) is 3.15. The van der Waals surface area contributed by atoms with Gasteiger partial charge in [-0.2, -0.15) is 0 Å². The number of carbonyl (C=O) groups is 2. The molecule has 0 aliphatic rings. The maximum atomic E-state index is 12.2. The van der Waals surface area contributed by atoms with Gasteiger partial charge in [0, 0.05) is 0 Å². The van der Waals surface area contributed by atoms with Gasteiger partial charge in [0.15, 0.2) is 0 Å². The molecule has 7 nitrogen and oxygen atoms in total. The monoisotopic (exact) mass is 357 g/mol. The van der Waals surface area contributed by atoms with Crippen molar-refractivity contribution in [1.29, 1.82) is 0 Å². The van der Waals surface area contributed by atoms with E-state index in [0.717, 1.165) is 0 Å². The summed E-state index contributed by atoms with van der Waals surface area (Å²) < 4.78 is 31.4. The van der Waals surface area contributed by atoms with Crippen LogP contribution in [0.5, 0.6) is 0 Å². The molecule has 0 aromatic heterocycles. The summed E-state index contributed by atoms with van der Waals surface area (Å²) >= 11 is 0. The highest BCUT2D eigenvalue weighted by molar-refractivity contribution is 7.88. The number of sulfonamides is 1. The molecule has 24 heavy (non-hydrogen) atoms. The lowest BCUT2D eigenvalue weighted by atomic mass is 10.1. The predicted octanol–water partition coefficient (Wildman–Crippen LogP) is 1.78. The van der Waals surface area contributed by atoms with E-state index in [9.17, 15) is 18.0 Å². The number of carboxylic acid groups (broad SMARTS) is 1. The number of esters is 1. The minimum absolute atomic E-state index is 0.0395. The van der Waals surface area contributed by atoms with E-state index in [4.69, 9.17) is 9.84 Å². The topological polar surface area (TPSA) is 110 Å². The van der Waals surface area contributed by atoms with Crippen LogP contribution in [0.15, 0.2) is 24.3 Å². The van der Waals surface area contributed by atoms with E-state index in [0.29, 0.717) is 11.1 Å². The molecular weight excluding hydrogens is 334 g/mol. The first-order valence-electron chi connectivity index (χ1n) is 7.63.